The van der Waals surface area contributed by atoms with Crippen LogP contribution in [0.4, 0.5) is 0 Å². The second-order valence-electron chi connectivity index (χ2n) is 2.69. The van der Waals surface area contributed by atoms with E-state index >= 15 is 0 Å². The zero-order valence-electron chi connectivity index (χ0n) is 6.62. The van der Waals surface area contributed by atoms with Crippen molar-refractivity contribution in [2.75, 3.05) is 0 Å². The third-order valence-corrected chi connectivity index (χ3v) is 2.50. The molecule has 0 bridgehead atoms. The van der Waals surface area contributed by atoms with Crippen molar-refractivity contribution in [3.8, 4) is 0 Å². The Morgan fingerprint density at radius 2 is 1.91 bits per heavy atom. The van der Waals surface area contributed by atoms with E-state index in [1.807, 2.05) is 12.1 Å². The van der Waals surface area contributed by atoms with Gasteiger partial charge in [-0.05, 0) is 0 Å². The molecule has 1 nitrogen and oxygen atoms in total. The fourth-order valence-corrected chi connectivity index (χ4v) is 1.39. The molecular weight excluding hydrogens is 199 g/mol. The molecule has 0 amide bonds. The number of aliphatic hydroxyl groups is 1. The van der Waals surface area contributed by atoms with Gasteiger partial charge < -0.3 is 0 Å². The minimum absolute atomic E-state index is 0.142. The number of rotatable bonds is 2. The van der Waals surface area contributed by atoms with Gasteiger partial charge in [0.15, 0.2) is 0 Å². The Balaban J connectivity index is 2.83. The molecule has 0 aliphatic rings. The number of benzene rings is 1. The first-order valence-corrected chi connectivity index (χ1v) is 5.09. The van der Waals surface area contributed by atoms with Crippen molar-refractivity contribution in [1.82, 2.24) is 0 Å². The Morgan fingerprint density at radius 3 is 2.27 bits per heavy atom. The molecule has 0 aliphatic heterocycles. The molecule has 60 valence electrons. The molecule has 0 spiro atoms. The van der Waals surface area contributed by atoms with Crippen LogP contribution in [0.2, 0.25) is 0 Å². The van der Waals surface area contributed by atoms with Crippen LogP contribution in [0.15, 0.2) is 24.3 Å². The van der Waals surface area contributed by atoms with E-state index in [1.165, 1.54) is 5.56 Å². The van der Waals surface area contributed by atoms with Crippen molar-refractivity contribution in [2.45, 2.75) is 18.2 Å². The van der Waals surface area contributed by atoms with Crippen LogP contribution in [0.25, 0.3) is 0 Å². The predicted octanol–water partition coefficient (Wildman–Crippen LogP) is 0.873. The molecule has 0 heterocycles. The third-order valence-electron chi connectivity index (χ3n) is 1.69. The second kappa shape index (κ2) is 3.94. The van der Waals surface area contributed by atoms with Gasteiger partial charge in [0.25, 0.3) is 0 Å². The molecule has 0 aromatic heterocycles. The second-order valence-corrected chi connectivity index (χ2v) is 4.79. The van der Waals surface area contributed by atoms with Gasteiger partial charge in [0.2, 0.25) is 0 Å². The van der Waals surface area contributed by atoms with Crippen molar-refractivity contribution in [1.29, 1.82) is 0 Å². The summed E-state index contributed by atoms with van der Waals surface area (Å²) in [5.41, 5.74) is 2.34. The molecule has 1 aromatic carbocycles. The van der Waals surface area contributed by atoms with Gasteiger partial charge in [0, 0.05) is 0 Å². The summed E-state index contributed by atoms with van der Waals surface area (Å²) in [6.45, 7) is 2.33. The SMILES string of the molecule is C[C@H]([AsH2])c1ccc(CO)cc1. The standard InChI is InChI=1S/C9H13AsO/c1-7(10)9-4-2-8(6-11)3-5-9/h2-5,7,11H,6,10H2,1H3/t7-/m0/s1. The quantitative estimate of drug-likeness (QED) is 0.721. The Hall–Kier alpha value is -0.262. The molecule has 1 rings (SSSR count). The first-order valence-electron chi connectivity index (χ1n) is 3.69. The van der Waals surface area contributed by atoms with Crippen LogP contribution in [0.5, 0.6) is 0 Å². The van der Waals surface area contributed by atoms with E-state index in [-0.39, 0.29) is 6.61 Å². The van der Waals surface area contributed by atoms with Crippen molar-refractivity contribution < 1.29 is 5.11 Å². The fraction of sp³-hybridized carbons (Fsp3) is 0.333. The topological polar surface area (TPSA) is 20.2 Å². The Kier molecular flexibility index (Phi) is 3.16. The predicted molar refractivity (Wildman–Crippen MR) is 49.3 cm³/mol. The van der Waals surface area contributed by atoms with Crippen molar-refractivity contribution in [2.24, 2.45) is 0 Å². The summed E-state index contributed by atoms with van der Waals surface area (Å²) in [6, 6.07) is 8.12. The van der Waals surface area contributed by atoms with Crippen LogP contribution < -0.4 is 0 Å². The van der Waals surface area contributed by atoms with Crippen LogP contribution in [-0.2, 0) is 6.61 Å². The summed E-state index contributed by atoms with van der Waals surface area (Å²) in [5, 5.41) is 8.77. The van der Waals surface area contributed by atoms with Gasteiger partial charge in [-0.3, -0.25) is 0 Å². The van der Waals surface area contributed by atoms with E-state index in [9.17, 15) is 0 Å². The summed E-state index contributed by atoms with van der Waals surface area (Å²) < 4.78 is 0.634. The number of aliphatic hydroxyl groups excluding tert-OH is 1. The summed E-state index contributed by atoms with van der Waals surface area (Å²) in [5.74, 6) is 0. The molecule has 0 saturated heterocycles. The Morgan fingerprint density at radius 1 is 1.36 bits per heavy atom. The van der Waals surface area contributed by atoms with E-state index in [1.54, 1.807) is 16.9 Å². The molecule has 1 aromatic rings. The summed E-state index contributed by atoms with van der Waals surface area (Å²) in [6.07, 6.45) is 0. The molecular formula is C9H13AsO. The van der Waals surface area contributed by atoms with Crippen LogP contribution in [0, 0.1) is 0 Å². The van der Waals surface area contributed by atoms with E-state index in [4.69, 9.17) is 5.11 Å². The summed E-state index contributed by atoms with van der Waals surface area (Å²) in [7, 11) is 0. The normalized spacial score (nSPS) is 13.0. The Labute approximate surface area is 75.9 Å². The zero-order chi connectivity index (χ0) is 8.27. The van der Waals surface area contributed by atoms with Crippen LogP contribution >= 0.6 is 0 Å². The molecule has 1 N–H and O–H groups in total. The molecule has 2 atom stereocenters. The van der Waals surface area contributed by atoms with E-state index in [0.717, 1.165) is 5.56 Å². The fourth-order valence-electron chi connectivity index (χ4n) is 0.927. The first kappa shape index (κ1) is 8.83. The van der Waals surface area contributed by atoms with Gasteiger partial charge in [-0.15, -0.1) is 0 Å². The molecule has 11 heavy (non-hydrogen) atoms. The van der Waals surface area contributed by atoms with Gasteiger partial charge in [0.05, 0.1) is 0 Å². The molecule has 0 saturated carbocycles. The van der Waals surface area contributed by atoms with Crippen LogP contribution in [0.3, 0.4) is 0 Å². The van der Waals surface area contributed by atoms with Crippen molar-refractivity contribution in [3.05, 3.63) is 35.4 Å². The molecule has 0 fully saturated rings. The number of hydrogen-bond acceptors (Lipinski definition) is 1. The molecule has 0 aliphatic carbocycles. The van der Waals surface area contributed by atoms with E-state index < -0.39 is 0 Å². The molecule has 0 radical (unpaired) electrons. The van der Waals surface area contributed by atoms with Gasteiger partial charge in [0.1, 0.15) is 0 Å². The maximum absolute atomic E-state index is 8.77. The molecule has 1 unspecified atom stereocenters. The number of hydrogen-bond donors (Lipinski definition) is 1. The van der Waals surface area contributed by atoms with Gasteiger partial charge in [-0.2, -0.15) is 0 Å². The Bertz CT molecular complexity index is 216. The average Bonchev–Trinajstić information content (AvgIpc) is 2.05. The summed E-state index contributed by atoms with van der Waals surface area (Å²) >= 11 is 1.73. The third kappa shape index (κ3) is 2.35. The summed E-state index contributed by atoms with van der Waals surface area (Å²) in [4.78, 5) is 0. The van der Waals surface area contributed by atoms with Gasteiger partial charge in [-0.1, -0.05) is 0 Å². The minimum atomic E-state index is 0.142. The average molecular weight is 212 g/mol. The van der Waals surface area contributed by atoms with E-state index in [0.29, 0.717) is 4.71 Å². The molecule has 2 heteroatoms. The monoisotopic (exact) mass is 212 g/mol. The van der Waals surface area contributed by atoms with Crippen LogP contribution in [-0.4, -0.2) is 22.0 Å². The van der Waals surface area contributed by atoms with Crippen molar-refractivity contribution >= 4 is 16.9 Å². The van der Waals surface area contributed by atoms with E-state index in [2.05, 4.69) is 19.1 Å². The maximum atomic E-state index is 8.77. The van der Waals surface area contributed by atoms with Crippen molar-refractivity contribution in [3.63, 3.8) is 0 Å². The van der Waals surface area contributed by atoms with Gasteiger partial charge in [-0.25, -0.2) is 0 Å². The van der Waals surface area contributed by atoms with Crippen LogP contribution in [0.1, 0.15) is 22.8 Å². The van der Waals surface area contributed by atoms with Gasteiger partial charge >= 0.3 is 75.6 Å². The first-order chi connectivity index (χ1) is 5.24. The zero-order valence-corrected chi connectivity index (χ0v) is 9.04.